The Hall–Kier alpha value is -1.00. The van der Waals surface area contributed by atoms with Crippen LogP contribution in [0.1, 0.15) is 26.3 Å². The average molecular weight is 258 g/mol. The number of rotatable bonds is 4. The standard InChI is InChI=1S/C14H20F2O2/c1-14(2,3)13(18-4)12(17)8-9-7-10(15)5-6-11(9)16/h5-7,12-13,17H,8H2,1-4H3. The molecule has 1 N–H and O–H groups in total. The predicted molar refractivity (Wildman–Crippen MR) is 66.3 cm³/mol. The summed E-state index contributed by atoms with van der Waals surface area (Å²) < 4.78 is 31.8. The van der Waals surface area contributed by atoms with Crippen LogP contribution in [-0.2, 0) is 11.2 Å². The minimum Gasteiger partial charge on any atom is -0.390 e. The molecule has 0 aliphatic heterocycles. The lowest BCUT2D eigenvalue weighted by Gasteiger charge is -2.33. The number of aliphatic hydroxyl groups is 1. The second kappa shape index (κ2) is 5.76. The molecule has 1 aromatic carbocycles. The van der Waals surface area contributed by atoms with Crippen molar-refractivity contribution in [2.45, 2.75) is 39.4 Å². The second-order valence-corrected chi connectivity index (χ2v) is 5.53. The Morgan fingerprint density at radius 1 is 1.28 bits per heavy atom. The van der Waals surface area contributed by atoms with E-state index < -0.39 is 23.8 Å². The van der Waals surface area contributed by atoms with Crippen molar-refractivity contribution in [2.24, 2.45) is 5.41 Å². The maximum absolute atomic E-state index is 13.5. The summed E-state index contributed by atoms with van der Waals surface area (Å²) in [6.07, 6.45) is -1.30. The molecular weight excluding hydrogens is 238 g/mol. The van der Waals surface area contributed by atoms with Crippen molar-refractivity contribution in [3.63, 3.8) is 0 Å². The molecule has 2 atom stereocenters. The molecule has 0 aliphatic rings. The third-order valence-corrected chi connectivity index (χ3v) is 2.89. The van der Waals surface area contributed by atoms with Crippen molar-refractivity contribution in [3.8, 4) is 0 Å². The highest BCUT2D eigenvalue weighted by Crippen LogP contribution is 2.26. The van der Waals surface area contributed by atoms with Gasteiger partial charge >= 0.3 is 0 Å². The van der Waals surface area contributed by atoms with Gasteiger partial charge in [-0.2, -0.15) is 0 Å². The normalized spacial score (nSPS) is 15.5. The average Bonchev–Trinajstić information content (AvgIpc) is 2.22. The molecule has 1 rings (SSSR count). The molecule has 0 saturated carbocycles. The van der Waals surface area contributed by atoms with Crippen LogP contribution in [0.15, 0.2) is 18.2 Å². The highest BCUT2D eigenvalue weighted by atomic mass is 19.1. The molecule has 0 radical (unpaired) electrons. The molecule has 2 nitrogen and oxygen atoms in total. The Kier molecular flexibility index (Phi) is 4.82. The van der Waals surface area contributed by atoms with Crippen molar-refractivity contribution in [2.75, 3.05) is 7.11 Å². The fraction of sp³-hybridized carbons (Fsp3) is 0.571. The van der Waals surface area contributed by atoms with Crippen LogP contribution in [0.5, 0.6) is 0 Å². The van der Waals surface area contributed by atoms with E-state index >= 15 is 0 Å². The number of halogens is 2. The van der Waals surface area contributed by atoms with Crippen molar-refractivity contribution in [3.05, 3.63) is 35.4 Å². The summed E-state index contributed by atoms with van der Waals surface area (Å²) in [4.78, 5) is 0. The minimum absolute atomic E-state index is 0.0272. The zero-order valence-corrected chi connectivity index (χ0v) is 11.2. The van der Waals surface area contributed by atoms with Gasteiger partial charge in [0.1, 0.15) is 11.6 Å². The van der Waals surface area contributed by atoms with E-state index in [2.05, 4.69) is 0 Å². The maximum atomic E-state index is 13.5. The zero-order valence-electron chi connectivity index (χ0n) is 11.2. The minimum atomic E-state index is -0.883. The van der Waals surface area contributed by atoms with Crippen molar-refractivity contribution in [1.82, 2.24) is 0 Å². The van der Waals surface area contributed by atoms with Crippen molar-refractivity contribution < 1.29 is 18.6 Å². The molecule has 4 heteroatoms. The van der Waals surface area contributed by atoms with Crippen molar-refractivity contribution in [1.29, 1.82) is 0 Å². The van der Waals surface area contributed by atoms with E-state index in [0.717, 1.165) is 18.2 Å². The van der Waals surface area contributed by atoms with Crippen LogP contribution in [0.25, 0.3) is 0 Å². The Bertz CT molecular complexity index is 399. The fourth-order valence-electron chi connectivity index (χ4n) is 2.12. The van der Waals surface area contributed by atoms with Gasteiger partial charge < -0.3 is 9.84 Å². The van der Waals surface area contributed by atoms with Gasteiger partial charge in [0.05, 0.1) is 12.2 Å². The largest absolute Gasteiger partial charge is 0.390 e. The van der Waals surface area contributed by atoms with Crippen molar-refractivity contribution >= 4 is 0 Å². The number of benzene rings is 1. The Morgan fingerprint density at radius 2 is 1.89 bits per heavy atom. The molecule has 0 bridgehead atoms. The van der Waals surface area contributed by atoms with Gasteiger partial charge in [-0.25, -0.2) is 8.78 Å². The number of methoxy groups -OCH3 is 1. The van der Waals surface area contributed by atoms with Crippen LogP contribution in [0.4, 0.5) is 8.78 Å². The highest BCUT2D eigenvalue weighted by molar-refractivity contribution is 5.19. The van der Waals surface area contributed by atoms with E-state index in [1.165, 1.54) is 7.11 Å². The third kappa shape index (κ3) is 3.75. The van der Waals surface area contributed by atoms with E-state index in [-0.39, 0.29) is 17.4 Å². The lowest BCUT2D eigenvalue weighted by Crippen LogP contribution is -2.40. The van der Waals surface area contributed by atoms with Gasteiger partial charge in [0.25, 0.3) is 0 Å². The quantitative estimate of drug-likeness (QED) is 0.899. The fourth-order valence-corrected chi connectivity index (χ4v) is 2.12. The van der Waals surface area contributed by atoms with Crippen LogP contribution >= 0.6 is 0 Å². The van der Waals surface area contributed by atoms with Gasteiger partial charge in [0, 0.05) is 13.5 Å². The zero-order chi connectivity index (χ0) is 13.9. The first-order valence-corrected chi connectivity index (χ1v) is 5.90. The lowest BCUT2D eigenvalue weighted by molar-refractivity contribution is -0.0701. The van der Waals surface area contributed by atoms with Gasteiger partial charge in [-0.1, -0.05) is 20.8 Å². The molecule has 0 aliphatic carbocycles. The molecule has 1 aromatic rings. The predicted octanol–water partition coefficient (Wildman–Crippen LogP) is 2.93. The SMILES string of the molecule is COC(C(O)Cc1cc(F)ccc1F)C(C)(C)C. The summed E-state index contributed by atoms with van der Waals surface area (Å²) in [5.74, 6) is -1.03. The lowest BCUT2D eigenvalue weighted by atomic mass is 9.83. The van der Waals surface area contributed by atoms with Crippen LogP contribution in [0, 0.1) is 17.0 Å². The summed E-state index contributed by atoms with van der Waals surface area (Å²) in [6.45, 7) is 5.77. The summed E-state index contributed by atoms with van der Waals surface area (Å²) >= 11 is 0. The Morgan fingerprint density at radius 3 is 2.39 bits per heavy atom. The Labute approximate surface area is 107 Å². The molecule has 0 aromatic heterocycles. The van der Waals surface area contributed by atoms with E-state index in [0.29, 0.717) is 0 Å². The summed E-state index contributed by atoms with van der Waals surface area (Å²) in [5, 5.41) is 10.1. The van der Waals surface area contributed by atoms with Crippen LogP contribution < -0.4 is 0 Å². The highest BCUT2D eigenvalue weighted by Gasteiger charge is 2.31. The monoisotopic (exact) mass is 258 g/mol. The summed E-state index contributed by atoms with van der Waals surface area (Å²) in [5.41, 5.74) is -0.119. The molecule has 18 heavy (non-hydrogen) atoms. The summed E-state index contributed by atoms with van der Waals surface area (Å²) in [7, 11) is 1.50. The smallest absolute Gasteiger partial charge is 0.126 e. The molecule has 0 amide bonds. The van der Waals surface area contributed by atoms with Crippen LogP contribution in [0.2, 0.25) is 0 Å². The van der Waals surface area contributed by atoms with E-state index in [1.807, 2.05) is 20.8 Å². The van der Waals surface area contributed by atoms with Crippen LogP contribution in [-0.4, -0.2) is 24.4 Å². The molecule has 0 fully saturated rings. The van der Waals surface area contributed by atoms with Gasteiger partial charge in [-0.15, -0.1) is 0 Å². The topological polar surface area (TPSA) is 29.5 Å². The molecule has 2 unspecified atom stereocenters. The van der Waals surface area contributed by atoms with Gasteiger partial charge in [0.15, 0.2) is 0 Å². The molecule has 0 spiro atoms. The number of aliphatic hydroxyl groups excluding tert-OH is 1. The number of ether oxygens (including phenoxy) is 1. The number of hydrogen-bond acceptors (Lipinski definition) is 2. The van der Waals surface area contributed by atoms with Gasteiger partial charge in [-0.05, 0) is 29.2 Å². The summed E-state index contributed by atoms with van der Waals surface area (Å²) in [6, 6.07) is 3.23. The first-order chi connectivity index (χ1) is 8.25. The third-order valence-electron chi connectivity index (χ3n) is 2.89. The first-order valence-electron chi connectivity index (χ1n) is 5.90. The first kappa shape index (κ1) is 15.1. The second-order valence-electron chi connectivity index (χ2n) is 5.53. The molecular formula is C14H20F2O2. The molecule has 102 valence electrons. The van der Waals surface area contributed by atoms with E-state index in [1.54, 1.807) is 0 Å². The Balaban J connectivity index is 2.86. The van der Waals surface area contributed by atoms with E-state index in [4.69, 9.17) is 4.74 Å². The maximum Gasteiger partial charge on any atom is 0.126 e. The van der Waals surface area contributed by atoms with Crippen LogP contribution in [0.3, 0.4) is 0 Å². The van der Waals surface area contributed by atoms with Gasteiger partial charge in [0.2, 0.25) is 0 Å². The van der Waals surface area contributed by atoms with E-state index in [9.17, 15) is 13.9 Å². The van der Waals surface area contributed by atoms with Gasteiger partial charge in [-0.3, -0.25) is 0 Å². The molecule has 0 saturated heterocycles. The molecule has 0 heterocycles. The number of hydrogen-bond donors (Lipinski definition) is 1.